The van der Waals surface area contributed by atoms with Crippen molar-refractivity contribution in [3.63, 3.8) is 0 Å². The zero-order chi connectivity index (χ0) is 14.3. The van der Waals surface area contributed by atoms with Crippen LogP contribution in [0.5, 0.6) is 0 Å². The van der Waals surface area contributed by atoms with Crippen LogP contribution in [0.4, 0.5) is 5.82 Å². The average Bonchev–Trinajstić information content (AvgIpc) is 2.96. The van der Waals surface area contributed by atoms with Gasteiger partial charge < -0.3 is 10.3 Å². The molecule has 0 fully saturated rings. The number of hydrogen-bond acceptors (Lipinski definition) is 3. The molecule has 0 aliphatic heterocycles. The first-order valence-corrected chi connectivity index (χ1v) is 6.45. The summed E-state index contributed by atoms with van der Waals surface area (Å²) in [5.74, 6) is 1.46. The summed E-state index contributed by atoms with van der Waals surface area (Å²) < 4.78 is 3.64. The Labute approximate surface area is 117 Å². The van der Waals surface area contributed by atoms with Gasteiger partial charge in [0.2, 0.25) is 0 Å². The van der Waals surface area contributed by atoms with Gasteiger partial charge in [0.25, 0.3) is 0 Å². The Bertz CT molecular complexity index is 749. The predicted molar refractivity (Wildman–Crippen MR) is 80.0 cm³/mol. The Morgan fingerprint density at radius 2 is 1.80 bits per heavy atom. The van der Waals surface area contributed by atoms with Gasteiger partial charge in [-0.1, -0.05) is 29.8 Å². The van der Waals surface area contributed by atoms with Crippen LogP contribution >= 0.6 is 0 Å². The zero-order valence-electron chi connectivity index (χ0n) is 11.8. The normalized spacial score (nSPS) is 10.9. The van der Waals surface area contributed by atoms with Crippen molar-refractivity contribution in [1.82, 2.24) is 19.3 Å². The lowest BCUT2D eigenvalue weighted by Crippen LogP contribution is -1.98. The number of nitrogen functional groups attached to an aromatic ring is 1. The van der Waals surface area contributed by atoms with Crippen LogP contribution in [0.3, 0.4) is 0 Å². The highest BCUT2D eigenvalue weighted by atomic mass is 15.3. The summed E-state index contributed by atoms with van der Waals surface area (Å²) in [6.07, 6.45) is 3.66. The van der Waals surface area contributed by atoms with Gasteiger partial charge in [0.05, 0.1) is 5.56 Å². The van der Waals surface area contributed by atoms with Gasteiger partial charge in [0.15, 0.2) is 5.82 Å². The predicted octanol–water partition coefficient (Wildman–Crippen LogP) is 2.38. The molecule has 0 unspecified atom stereocenters. The van der Waals surface area contributed by atoms with Gasteiger partial charge in [0.1, 0.15) is 11.5 Å². The lowest BCUT2D eigenvalue weighted by Gasteiger charge is -2.05. The maximum atomic E-state index is 6.19. The summed E-state index contributed by atoms with van der Waals surface area (Å²) in [5, 5.41) is 4.52. The zero-order valence-corrected chi connectivity index (χ0v) is 11.8. The molecule has 0 saturated heterocycles. The van der Waals surface area contributed by atoms with Crippen LogP contribution in [0.2, 0.25) is 0 Å². The van der Waals surface area contributed by atoms with E-state index in [1.165, 1.54) is 5.56 Å². The van der Waals surface area contributed by atoms with E-state index in [2.05, 4.69) is 41.3 Å². The van der Waals surface area contributed by atoms with Gasteiger partial charge in [-0.3, -0.25) is 4.68 Å². The molecule has 2 heterocycles. The Hall–Kier alpha value is -2.56. The van der Waals surface area contributed by atoms with E-state index in [9.17, 15) is 0 Å². The summed E-state index contributed by atoms with van der Waals surface area (Å²) in [5.41, 5.74) is 10.2. The van der Waals surface area contributed by atoms with Crippen molar-refractivity contribution < 1.29 is 0 Å². The molecule has 0 saturated carbocycles. The molecule has 2 N–H and O–H groups in total. The Balaban J connectivity index is 2.25. The van der Waals surface area contributed by atoms with Crippen LogP contribution in [-0.4, -0.2) is 19.3 Å². The van der Waals surface area contributed by atoms with Crippen molar-refractivity contribution in [2.24, 2.45) is 14.1 Å². The fourth-order valence-corrected chi connectivity index (χ4v) is 2.29. The third-order valence-electron chi connectivity index (χ3n) is 3.46. The number of hydrogen-bond donors (Lipinski definition) is 1. The maximum Gasteiger partial charge on any atom is 0.161 e. The molecule has 1 aromatic carbocycles. The Morgan fingerprint density at radius 1 is 1.10 bits per heavy atom. The second-order valence-electron chi connectivity index (χ2n) is 4.96. The highest BCUT2D eigenvalue weighted by Gasteiger charge is 2.19. The highest BCUT2D eigenvalue weighted by molar-refractivity contribution is 5.86. The number of imidazole rings is 1. The molecule has 0 aliphatic carbocycles. The van der Waals surface area contributed by atoms with Crippen molar-refractivity contribution in [1.29, 1.82) is 0 Å². The summed E-state index contributed by atoms with van der Waals surface area (Å²) in [7, 11) is 3.80. The molecule has 5 nitrogen and oxygen atoms in total. The van der Waals surface area contributed by atoms with E-state index in [1.54, 1.807) is 10.9 Å². The number of aryl methyl sites for hydroxylation is 3. The maximum absolute atomic E-state index is 6.19. The molecule has 0 bridgehead atoms. The molecule has 20 heavy (non-hydrogen) atoms. The van der Waals surface area contributed by atoms with Gasteiger partial charge in [0, 0.05) is 26.5 Å². The van der Waals surface area contributed by atoms with Crippen LogP contribution in [-0.2, 0) is 14.1 Å². The Morgan fingerprint density at radius 3 is 2.40 bits per heavy atom. The lowest BCUT2D eigenvalue weighted by atomic mass is 10.0. The standard InChI is InChI=1S/C15H17N5/c1-10-4-6-11(7-5-10)12-13(18-20(3)14(12)16)15-17-8-9-19(15)2/h4-9H,16H2,1-3H3. The van der Waals surface area contributed by atoms with Crippen LogP contribution < -0.4 is 5.73 Å². The summed E-state index contributed by atoms with van der Waals surface area (Å²) in [4.78, 5) is 4.38. The molecule has 102 valence electrons. The van der Waals surface area contributed by atoms with E-state index in [4.69, 9.17) is 5.73 Å². The highest BCUT2D eigenvalue weighted by Crippen LogP contribution is 2.34. The molecule has 0 aliphatic rings. The van der Waals surface area contributed by atoms with Crippen LogP contribution in [0.15, 0.2) is 36.7 Å². The minimum absolute atomic E-state index is 0.645. The van der Waals surface area contributed by atoms with E-state index in [0.717, 1.165) is 22.6 Å². The van der Waals surface area contributed by atoms with Gasteiger partial charge in [-0.15, -0.1) is 0 Å². The van der Waals surface area contributed by atoms with E-state index >= 15 is 0 Å². The minimum Gasteiger partial charge on any atom is -0.383 e. The second-order valence-corrected chi connectivity index (χ2v) is 4.96. The molecule has 5 heteroatoms. The van der Waals surface area contributed by atoms with E-state index < -0.39 is 0 Å². The lowest BCUT2D eigenvalue weighted by molar-refractivity contribution is 0.776. The monoisotopic (exact) mass is 267 g/mol. The molecule has 3 aromatic rings. The number of aromatic nitrogens is 4. The van der Waals surface area contributed by atoms with E-state index in [0.29, 0.717) is 5.82 Å². The van der Waals surface area contributed by atoms with Gasteiger partial charge in [-0.25, -0.2) is 4.98 Å². The second kappa shape index (κ2) is 4.52. The van der Waals surface area contributed by atoms with E-state index in [1.807, 2.05) is 24.9 Å². The summed E-state index contributed by atoms with van der Waals surface area (Å²) in [6, 6.07) is 8.28. The third kappa shape index (κ3) is 1.87. The number of rotatable bonds is 2. The van der Waals surface area contributed by atoms with Gasteiger partial charge >= 0.3 is 0 Å². The molecule has 3 rings (SSSR count). The van der Waals surface area contributed by atoms with Crippen molar-refractivity contribution in [2.45, 2.75) is 6.92 Å². The van der Waals surface area contributed by atoms with Crippen molar-refractivity contribution in [3.05, 3.63) is 42.2 Å². The molecule has 0 radical (unpaired) electrons. The van der Waals surface area contributed by atoms with Crippen molar-refractivity contribution in [2.75, 3.05) is 5.73 Å². The molecular formula is C15H17N5. The molecule has 0 atom stereocenters. The SMILES string of the molecule is Cc1ccc(-c2c(-c3nccn3C)nn(C)c2N)cc1. The smallest absolute Gasteiger partial charge is 0.161 e. The minimum atomic E-state index is 0.645. The topological polar surface area (TPSA) is 61.7 Å². The van der Waals surface area contributed by atoms with Crippen LogP contribution in [0, 0.1) is 6.92 Å². The number of nitrogens with two attached hydrogens (primary N) is 1. The first-order valence-electron chi connectivity index (χ1n) is 6.45. The largest absolute Gasteiger partial charge is 0.383 e. The first-order chi connectivity index (χ1) is 9.58. The fourth-order valence-electron chi connectivity index (χ4n) is 2.29. The number of nitrogens with zero attached hydrogens (tertiary/aromatic N) is 4. The molecule has 2 aromatic heterocycles. The van der Waals surface area contributed by atoms with E-state index in [-0.39, 0.29) is 0 Å². The van der Waals surface area contributed by atoms with Crippen LogP contribution in [0.1, 0.15) is 5.56 Å². The number of anilines is 1. The van der Waals surface area contributed by atoms with Crippen LogP contribution in [0.25, 0.3) is 22.6 Å². The molecule has 0 spiro atoms. The third-order valence-corrected chi connectivity index (χ3v) is 3.46. The van der Waals surface area contributed by atoms with Crippen molar-refractivity contribution >= 4 is 5.82 Å². The quantitative estimate of drug-likeness (QED) is 0.775. The Kier molecular flexibility index (Phi) is 2.82. The van der Waals surface area contributed by atoms with Gasteiger partial charge in [-0.2, -0.15) is 5.10 Å². The summed E-state index contributed by atoms with van der Waals surface area (Å²) in [6.45, 7) is 2.07. The first kappa shape index (κ1) is 12.5. The fraction of sp³-hybridized carbons (Fsp3) is 0.200. The molecular weight excluding hydrogens is 250 g/mol. The average molecular weight is 267 g/mol. The van der Waals surface area contributed by atoms with Gasteiger partial charge in [-0.05, 0) is 12.5 Å². The number of benzene rings is 1. The summed E-state index contributed by atoms with van der Waals surface area (Å²) >= 11 is 0. The van der Waals surface area contributed by atoms with Crippen molar-refractivity contribution in [3.8, 4) is 22.6 Å². The molecule has 0 amide bonds.